The molecule has 4 rings (SSSR count). The van der Waals surface area contributed by atoms with Crippen LogP contribution in [0.4, 0.5) is 14.5 Å². The SMILES string of the molecule is O=C(Nc1ccc(F)cc1)c1nc2cccc(-c3ccccc3F)n2n1. The van der Waals surface area contributed by atoms with Crippen molar-refractivity contribution in [1.82, 2.24) is 14.6 Å². The molecule has 0 atom stereocenters. The third-order valence-corrected chi connectivity index (χ3v) is 3.81. The quantitative estimate of drug-likeness (QED) is 0.609. The summed E-state index contributed by atoms with van der Waals surface area (Å²) in [6, 6.07) is 16.7. The third kappa shape index (κ3) is 2.90. The molecule has 0 unspecified atom stereocenters. The van der Waals surface area contributed by atoms with E-state index in [1.54, 1.807) is 36.4 Å². The van der Waals surface area contributed by atoms with Crippen LogP contribution in [0.25, 0.3) is 16.9 Å². The zero-order valence-electron chi connectivity index (χ0n) is 13.4. The van der Waals surface area contributed by atoms with Gasteiger partial charge in [0.15, 0.2) is 5.65 Å². The Labute approximate surface area is 146 Å². The summed E-state index contributed by atoms with van der Waals surface area (Å²) in [4.78, 5) is 16.6. The Bertz CT molecular complexity index is 1110. The van der Waals surface area contributed by atoms with Gasteiger partial charge in [-0.2, -0.15) is 0 Å². The number of benzene rings is 2. The molecule has 1 N–H and O–H groups in total. The van der Waals surface area contributed by atoms with Crippen LogP contribution in [0.15, 0.2) is 66.7 Å². The Balaban J connectivity index is 1.72. The molecule has 4 aromatic rings. The molecule has 0 fully saturated rings. The van der Waals surface area contributed by atoms with Crippen molar-refractivity contribution in [2.45, 2.75) is 0 Å². The predicted molar refractivity (Wildman–Crippen MR) is 92.7 cm³/mol. The molecule has 2 aromatic heterocycles. The summed E-state index contributed by atoms with van der Waals surface area (Å²) in [5, 5.41) is 6.80. The Morgan fingerprint density at radius 2 is 1.69 bits per heavy atom. The van der Waals surface area contributed by atoms with E-state index in [2.05, 4.69) is 15.4 Å². The first kappa shape index (κ1) is 15.9. The number of carbonyl (C=O) groups is 1. The molecule has 5 nitrogen and oxygen atoms in total. The monoisotopic (exact) mass is 350 g/mol. The lowest BCUT2D eigenvalue weighted by molar-refractivity contribution is 0.101. The summed E-state index contributed by atoms with van der Waals surface area (Å²) in [7, 11) is 0. The van der Waals surface area contributed by atoms with Crippen LogP contribution in [0.1, 0.15) is 10.6 Å². The molecule has 0 aliphatic heterocycles. The van der Waals surface area contributed by atoms with Gasteiger partial charge >= 0.3 is 0 Å². The first-order chi connectivity index (χ1) is 12.6. The van der Waals surface area contributed by atoms with Crippen LogP contribution in [0.5, 0.6) is 0 Å². The number of pyridine rings is 1. The van der Waals surface area contributed by atoms with Gasteiger partial charge in [-0.15, -0.1) is 5.10 Å². The molecule has 7 heteroatoms. The van der Waals surface area contributed by atoms with Crippen molar-refractivity contribution in [3.05, 3.63) is 84.2 Å². The van der Waals surface area contributed by atoms with Crippen LogP contribution in [-0.2, 0) is 0 Å². The number of aromatic nitrogens is 3. The Hall–Kier alpha value is -3.61. The smallest absolute Gasteiger partial charge is 0.295 e. The van der Waals surface area contributed by atoms with Crippen LogP contribution in [0.3, 0.4) is 0 Å². The number of carbonyl (C=O) groups excluding carboxylic acids is 1. The van der Waals surface area contributed by atoms with E-state index in [1.807, 2.05) is 0 Å². The summed E-state index contributed by atoms with van der Waals surface area (Å²) in [6.45, 7) is 0. The minimum Gasteiger partial charge on any atom is -0.319 e. The van der Waals surface area contributed by atoms with Gasteiger partial charge in [-0.3, -0.25) is 4.79 Å². The molecule has 0 spiro atoms. The Kier molecular flexibility index (Phi) is 3.89. The van der Waals surface area contributed by atoms with Crippen molar-refractivity contribution in [1.29, 1.82) is 0 Å². The van der Waals surface area contributed by atoms with Crippen LogP contribution in [0, 0.1) is 11.6 Å². The van der Waals surface area contributed by atoms with Gasteiger partial charge in [-0.1, -0.05) is 18.2 Å². The highest BCUT2D eigenvalue weighted by Crippen LogP contribution is 2.23. The fourth-order valence-electron chi connectivity index (χ4n) is 2.59. The number of nitrogens with one attached hydrogen (secondary N) is 1. The van der Waals surface area contributed by atoms with Crippen LogP contribution >= 0.6 is 0 Å². The number of amides is 1. The third-order valence-electron chi connectivity index (χ3n) is 3.81. The number of hydrogen-bond acceptors (Lipinski definition) is 3. The van der Waals surface area contributed by atoms with E-state index in [4.69, 9.17) is 0 Å². The van der Waals surface area contributed by atoms with E-state index in [9.17, 15) is 13.6 Å². The normalized spacial score (nSPS) is 10.8. The van der Waals surface area contributed by atoms with Gasteiger partial charge in [0.25, 0.3) is 5.91 Å². The van der Waals surface area contributed by atoms with Crippen molar-refractivity contribution < 1.29 is 13.6 Å². The van der Waals surface area contributed by atoms with E-state index >= 15 is 0 Å². The van der Waals surface area contributed by atoms with Crippen molar-refractivity contribution >= 4 is 17.2 Å². The van der Waals surface area contributed by atoms with E-state index in [-0.39, 0.29) is 5.82 Å². The Morgan fingerprint density at radius 1 is 0.923 bits per heavy atom. The van der Waals surface area contributed by atoms with Gasteiger partial charge in [-0.25, -0.2) is 18.3 Å². The van der Waals surface area contributed by atoms with E-state index < -0.39 is 17.5 Å². The summed E-state index contributed by atoms with van der Waals surface area (Å²) < 4.78 is 28.5. The minimum atomic E-state index is -0.542. The highest BCUT2D eigenvalue weighted by atomic mass is 19.1. The maximum absolute atomic E-state index is 14.1. The maximum atomic E-state index is 14.1. The van der Waals surface area contributed by atoms with Gasteiger partial charge < -0.3 is 5.32 Å². The average Bonchev–Trinajstić information content (AvgIpc) is 3.09. The standard InChI is InChI=1S/C19H12F2N4O/c20-12-8-10-13(11-9-12)22-19(26)18-23-17-7-3-6-16(25(17)24-18)14-4-1-2-5-15(14)21/h1-11H,(H,22,26). The fraction of sp³-hybridized carbons (Fsp3) is 0. The second-order valence-corrected chi connectivity index (χ2v) is 5.56. The minimum absolute atomic E-state index is 0.0712. The highest BCUT2D eigenvalue weighted by molar-refractivity contribution is 6.01. The molecule has 0 saturated carbocycles. The summed E-state index contributed by atoms with van der Waals surface area (Å²) in [5.41, 5.74) is 1.67. The maximum Gasteiger partial charge on any atom is 0.295 e. The van der Waals surface area contributed by atoms with Crippen LogP contribution < -0.4 is 5.32 Å². The van der Waals surface area contributed by atoms with Crippen molar-refractivity contribution in [2.75, 3.05) is 5.32 Å². The molecule has 1 amide bonds. The summed E-state index contributed by atoms with van der Waals surface area (Å²) in [5.74, 6) is -1.41. The number of anilines is 1. The van der Waals surface area contributed by atoms with E-state index in [1.165, 1.54) is 34.8 Å². The molecule has 128 valence electrons. The summed E-state index contributed by atoms with van der Waals surface area (Å²) in [6.07, 6.45) is 0. The number of hydrogen-bond donors (Lipinski definition) is 1. The van der Waals surface area contributed by atoms with Gasteiger partial charge in [0.2, 0.25) is 5.82 Å². The molecule has 0 radical (unpaired) electrons. The first-order valence-corrected chi connectivity index (χ1v) is 7.79. The second kappa shape index (κ2) is 6.36. The molecule has 0 bridgehead atoms. The molecule has 26 heavy (non-hydrogen) atoms. The van der Waals surface area contributed by atoms with Crippen LogP contribution in [0.2, 0.25) is 0 Å². The molecule has 0 aliphatic rings. The van der Waals surface area contributed by atoms with Gasteiger partial charge in [0, 0.05) is 11.3 Å². The predicted octanol–water partition coefficient (Wildman–Crippen LogP) is 3.93. The van der Waals surface area contributed by atoms with Crippen molar-refractivity contribution in [3.8, 4) is 11.3 Å². The largest absolute Gasteiger partial charge is 0.319 e. The molecule has 2 heterocycles. The molecule has 0 aliphatic carbocycles. The number of fused-ring (bicyclic) bond motifs is 1. The number of nitrogens with zero attached hydrogens (tertiary/aromatic N) is 3. The summed E-state index contributed by atoms with van der Waals surface area (Å²) >= 11 is 0. The highest BCUT2D eigenvalue weighted by Gasteiger charge is 2.16. The van der Waals surface area contributed by atoms with Crippen LogP contribution in [-0.4, -0.2) is 20.5 Å². The first-order valence-electron chi connectivity index (χ1n) is 7.79. The topological polar surface area (TPSA) is 59.3 Å². The van der Waals surface area contributed by atoms with Crippen molar-refractivity contribution in [3.63, 3.8) is 0 Å². The van der Waals surface area contributed by atoms with E-state index in [0.717, 1.165) is 0 Å². The molecule has 0 saturated heterocycles. The average molecular weight is 350 g/mol. The van der Waals surface area contributed by atoms with Gasteiger partial charge in [-0.05, 0) is 48.5 Å². The lowest BCUT2D eigenvalue weighted by atomic mass is 10.1. The lowest BCUT2D eigenvalue weighted by Crippen LogP contribution is -2.14. The Morgan fingerprint density at radius 3 is 2.46 bits per heavy atom. The number of halogens is 2. The zero-order chi connectivity index (χ0) is 18.1. The number of rotatable bonds is 3. The van der Waals surface area contributed by atoms with Gasteiger partial charge in [0.05, 0.1) is 5.69 Å². The molecule has 2 aromatic carbocycles. The lowest BCUT2D eigenvalue weighted by Gasteiger charge is -2.05. The zero-order valence-corrected chi connectivity index (χ0v) is 13.4. The van der Waals surface area contributed by atoms with E-state index in [0.29, 0.717) is 22.6 Å². The molecular formula is C19H12F2N4O. The van der Waals surface area contributed by atoms with Crippen molar-refractivity contribution in [2.24, 2.45) is 0 Å². The van der Waals surface area contributed by atoms with Gasteiger partial charge in [0.1, 0.15) is 11.6 Å². The molecular weight excluding hydrogens is 338 g/mol. The fourth-order valence-corrected chi connectivity index (χ4v) is 2.59. The second-order valence-electron chi connectivity index (χ2n) is 5.56.